The van der Waals surface area contributed by atoms with Crippen LogP contribution in [0.25, 0.3) is 0 Å². The average Bonchev–Trinajstić information content (AvgIpc) is 2.37. The Labute approximate surface area is 125 Å². The summed E-state index contributed by atoms with van der Waals surface area (Å²) < 4.78 is 0. The molecule has 3 N–H and O–H groups in total. The van der Waals surface area contributed by atoms with Crippen molar-refractivity contribution in [1.82, 2.24) is 10.6 Å². The van der Waals surface area contributed by atoms with E-state index in [1.54, 1.807) is 0 Å². The summed E-state index contributed by atoms with van der Waals surface area (Å²) in [5.74, 6) is -1.65. The zero-order valence-electron chi connectivity index (χ0n) is 13.1. The van der Waals surface area contributed by atoms with E-state index in [9.17, 15) is 14.4 Å². The van der Waals surface area contributed by atoms with Crippen LogP contribution in [0.5, 0.6) is 0 Å². The molecule has 2 unspecified atom stereocenters. The second-order valence-corrected chi connectivity index (χ2v) is 6.66. The SMILES string of the molecule is CC(C)(C)C(=O)NCCC(=O)NC1CCCCC1C(=O)O. The van der Waals surface area contributed by atoms with Crippen molar-refractivity contribution in [2.75, 3.05) is 6.54 Å². The molecule has 2 atom stereocenters. The second-order valence-electron chi connectivity index (χ2n) is 6.66. The number of amides is 2. The summed E-state index contributed by atoms with van der Waals surface area (Å²) >= 11 is 0. The van der Waals surface area contributed by atoms with Gasteiger partial charge in [-0.1, -0.05) is 33.6 Å². The molecule has 0 saturated heterocycles. The maximum absolute atomic E-state index is 11.9. The fourth-order valence-corrected chi connectivity index (χ4v) is 2.43. The van der Waals surface area contributed by atoms with E-state index < -0.39 is 17.3 Å². The van der Waals surface area contributed by atoms with Crippen LogP contribution in [0, 0.1) is 11.3 Å². The first kappa shape index (κ1) is 17.5. The maximum Gasteiger partial charge on any atom is 0.308 e. The minimum Gasteiger partial charge on any atom is -0.481 e. The van der Waals surface area contributed by atoms with Crippen molar-refractivity contribution in [3.8, 4) is 0 Å². The van der Waals surface area contributed by atoms with Gasteiger partial charge in [0, 0.05) is 24.4 Å². The molecule has 1 saturated carbocycles. The van der Waals surface area contributed by atoms with Gasteiger partial charge in [-0.05, 0) is 12.8 Å². The zero-order valence-corrected chi connectivity index (χ0v) is 13.1. The third-order valence-corrected chi connectivity index (χ3v) is 3.75. The zero-order chi connectivity index (χ0) is 16.0. The fraction of sp³-hybridized carbons (Fsp3) is 0.800. The molecular formula is C15H26N2O4. The molecule has 1 aliphatic rings. The van der Waals surface area contributed by atoms with Gasteiger partial charge < -0.3 is 15.7 Å². The smallest absolute Gasteiger partial charge is 0.308 e. The van der Waals surface area contributed by atoms with Crippen LogP contribution in [0.15, 0.2) is 0 Å². The number of carboxylic acid groups (broad SMARTS) is 1. The third kappa shape index (κ3) is 5.73. The summed E-state index contributed by atoms with van der Waals surface area (Å²) in [6.07, 6.45) is 3.32. The fourth-order valence-electron chi connectivity index (χ4n) is 2.43. The summed E-state index contributed by atoms with van der Waals surface area (Å²) in [4.78, 5) is 34.7. The summed E-state index contributed by atoms with van der Waals surface area (Å²) in [6, 6.07) is -0.290. The van der Waals surface area contributed by atoms with Crippen LogP contribution in [0.2, 0.25) is 0 Å². The molecule has 0 bridgehead atoms. The lowest BCUT2D eigenvalue weighted by Gasteiger charge is -2.29. The van der Waals surface area contributed by atoms with Gasteiger partial charge >= 0.3 is 5.97 Å². The highest BCUT2D eigenvalue weighted by Crippen LogP contribution is 2.24. The maximum atomic E-state index is 11.9. The molecule has 1 aliphatic carbocycles. The Morgan fingerprint density at radius 3 is 2.33 bits per heavy atom. The van der Waals surface area contributed by atoms with Crippen molar-refractivity contribution in [3.05, 3.63) is 0 Å². The number of carbonyl (C=O) groups excluding carboxylic acids is 2. The van der Waals surface area contributed by atoms with Crippen molar-refractivity contribution < 1.29 is 19.5 Å². The Bertz CT molecular complexity index is 401. The molecule has 0 aliphatic heterocycles. The van der Waals surface area contributed by atoms with Crippen LogP contribution in [-0.2, 0) is 14.4 Å². The van der Waals surface area contributed by atoms with Gasteiger partial charge in [-0.15, -0.1) is 0 Å². The summed E-state index contributed by atoms with van der Waals surface area (Å²) in [5.41, 5.74) is -0.478. The molecule has 0 spiro atoms. The number of rotatable bonds is 5. The Hall–Kier alpha value is -1.59. The summed E-state index contributed by atoms with van der Waals surface area (Å²) in [5, 5.41) is 14.7. The monoisotopic (exact) mass is 298 g/mol. The van der Waals surface area contributed by atoms with Crippen LogP contribution in [0.3, 0.4) is 0 Å². The van der Waals surface area contributed by atoms with Crippen LogP contribution >= 0.6 is 0 Å². The van der Waals surface area contributed by atoms with E-state index >= 15 is 0 Å². The van der Waals surface area contributed by atoms with E-state index in [1.807, 2.05) is 20.8 Å². The van der Waals surface area contributed by atoms with Gasteiger partial charge in [0.15, 0.2) is 0 Å². The summed E-state index contributed by atoms with van der Waals surface area (Å²) in [6.45, 7) is 5.69. The molecule has 2 amide bonds. The van der Waals surface area contributed by atoms with Crippen LogP contribution < -0.4 is 10.6 Å². The Balaban J connectivity index is 2.36. The first-order valence-electron chi connectivity index (χ1n) is 7.52. The first-order chi connectivity index (χ1) is 9.71. The van der Waals surface area contributed by atoms with Crippen molar-refractivity contribution in [2.24, 2.45) is 11.3 Å². The van der Waals surface area contributed by atoms with Crippen molar-refractivity contribution in [2.45, 2.75) is 58.9 Å². The van der Waals surface area contributed by atoms with E-state index in [0.29, 0.717) is 12.8 Å². The molecule has 6 heteroatoms. The molecule has 120 valence electrons. The van der Waals surface area contributed by atoms with Gasteiger partial charge in [-0.3, -0.25) is 14.4 Å². The molecule has 0 aromatic carbocycles. The van der Waals surface area contributed by atoms with E-state index in [4.69, 9.17) is 5.11 Å². The first-order valence-corrected chi connectivity index (χ1v) is 7.52. The highest BCUT2D eigenvalue weighted by Gasteiger charge is 2.31. The molecule has 0 radical (unpaired) electrons. The predicted octanol–water partition coefficient (Wildman–Crippen LogP) is 1.30. The molecule has 0 aromatic heterocycles. The van der Waals surface area contributed by atoms with Crippen LogP contribution in [0.4, 0.5) is 0 Å². The third-order valence-electron chi connectivity index (χ3n) is 3.75. The van der Waals surface area contributed by atoms with Gasteiger partial charge in [0.2, 0.25) is 11.8 Å². The van der Waals surface area contributed by atoms with E-state index in [0.717, 1.165) is 12.8 Å². The van der Waals surface area contributed by atoms with Crippen LogP contribution in [0.1, 0.15) is 52.9 Å². The normalized spacial score (nSPS) is 22.4. The van der Waals surface area contributed by atoms with Gasteiger partial charge in [0.25, 0.3) is 0 Å². The largest absolute Gasteiger partial charge is 0.481 e. The number of carbonyl (C=O) groups is 3. The number of hydrogen-bond donors (Lipinski definition) is 3. The predicted molar refractivity (Wildman–Crippen MR) is 78.6 cm³/mol. The highest BCUT2D eigenvalue weighted by atomic mass is 16.4. The minimum atomic E-state index is -0.846. The summed E-state index contributed by atoms with van der Waals surface area (Å²) in [7, 11) is 0. The van der Waals surface area contributed by atoms with Crippen molar-refractivity contribution >= 4 is 17.8 Å². The molecule has 0 heterocycles. The number of nitrogens with one attached hydrogen (secondary N) is 2. The van der Waals surface area contributed by atoms with Gasteiger partial charge in [-0.2, -0.15) is 0 Å². The van der Waals surface area contributed by atoms with Gasteiger partial charge in [-0.25, -0.2) is 0 Å². The lowest BCUT2D eigenvalue weighted by atomic mass is 9.84. The number of hydrogen-bond acceptors (Lipinski definition) is 3. The number of aliphatic carboxylic acids is 1. The molecule has 0 aromatic rings. The highest BCUT2D eigenvalue weighted by molar-refractivity contribution is 5.82. The van der Waals surface area contributed by atoms with E-state index in [-0.39, 0.29) is 30.8 Å². The van der Waals surface area contributed by atoms with Crippen LogP contribution in [-0.4, -0.2) is 35.5 Å². The molecule has 1 fully saturated rings. The van der Waals surface area contributed by atoms with E-state index in [1.165, 1.54) is 0 Å². The second kappa shape index (κ2) is 7.43. The topological polar surface area (TPSA) is 95.5 Å². The standard InChI is InChI=1S/C15H26N2O4/c1-15(2,3)14(21)16-9-8-12(18)17-11-7-5-4-6-10(11)13(19)20/h10-11H,4-9H2,1-3H3,(H,16,21)(H,17,18)(H,19,20). The van der Waals surface area contributed by atoms with E-state index in [2.05, 4.69) is 10.6 Å². The quantitative estimate of drug-likeness (QED) is 0.713. The van der Waals surface area contributed by atoms with Gasteiger partial charge in [0.05, 0.1) is 5.92 Å². The van der Waals surface area contributed by atoms with Crippen molar-refractivity contribution in [3.63, 3.8) is 0 Å². The van der Waals surface area contributed by atoms with Crippen molar-refractivity contribution in [1.29, 1.82) is 0 Å². The molecule has 6 nitrogen and oxygen atoms in total. The Kier molecular flexibility index (Phi) is 6.18. The molecular weight excluding hydrogens is 272 g/mol. The lowest BCUT2D eigenvalue weighted by Crippen LogP contribution is -2.46. The number of carboxylic acids is 1. The lowest BCUT2D eigenvalue weighted by molar-refractivity contribution is -0.144. The molecule has 21 heavy (non-hydrogen) atoms. The Morgan fingerprint density at radius 1 is 1.14 bits per heavy atom. The Morgan fingerprint density at radius 2 is 1.76 bits per heavy atom. The minimum absolute atomic E-state index is 0.101. The van der Waals surface area contributed by atoms with Gasteiger partial charge in [0.1, 0.15) is 0 Å². The molecule has 1 rings (SSSR count). The average molecular weight is 298 g/mol.